The number of fused-ring (bicyclic) bond motifs is 1. The third-order valence-electron chi connectivity index (χ3n) is 6.87. The molecule has 2 heterocycles. The zero-order valence-corrected chi connectivity index (χ0v) is 21.7. The summed E-state index contributed by atoms with van der Waals surface area (Å²) in [5.74, 6) is -0.930. The summed E-state index contributed by atoms with van der Waals surface area (Å²) in [5, 5.41) is 16.2. The van der Waals surface area contributed by atoms with Gasteiger partial charge in [-0.25, -0.2) is 4.98 Å². The van der Waals surface area contributed by atoms with Crippen LogP contribution in [0.4, 0.5) is 0 Å². The van der Waals surface area contributed by atoms with E-state index in [1.807, 2.05) is 33.2 Å². The Labute approximate surface area is 210 Å². The Kier molecular flexibility index (Phi) is 7.02. The molecule has 1 aliphatic heterocycles. The molecule has 2 aliphatic rings. The number of nitrogens with one attached hydrogen (secondary N) is 2. The minimum absolute atomic E-state index is 0.0713. The van der Waals surface area contributed by atoms with E-state index in [4.69, 9.17) is 0 Å². The number of aliphatic hydroxyl groups is 1. The number of amides is 3. The number of aryl methyl sites for hydroxylation is 2. The summed E-state index contributed by atoms with van der Waals surface area (Å²) in [4.78, 5) is 45.4. The molecule has 1 aliphatic carbocycles. The van der Waals surface area contributed by atoms with Crippen LogP contribution in [0.5, 0.6) is 0 Å². The Morgan fingerprint density at radius 2 is 2.00 bits per heavy atom. The van der Waals surface area contributed by atoms with Crippen molar-refractivity contribution in [2.75, 3.05) is 6.54 Å². The van der Waals surface area contributed by atoms with Crippen LogP contribution in [-0.4, -0.2) is 57.4 Å². The van der Waals surface area contributed by atoms with Crippen LogP contribution in [-0.2, 0) is 20.8 Å². The lowest BCUT2D eigenvalue weighted by Gasteiger charge is -2.35. The van der Waals surface area contributed by atoms with E-state index in [0.717, 1.165) is 34.5 Å². The van der Waals surface area contributed by atoms with Gasteiger partial charge in [0.05, 0.1) is 28.2 Å². The summed E-state index contributed by atoms with van der Waals surface area (Å²) in [6.45, 7) is 9.04. The van der Waals surface area contributed by atoms with Gasteiger partial charge in [-0.3, -0.25) is 14.4 Å². The highest BCUT2D eigenvalue weighted by Crippen LogP contribution is 2.36. The highest BCUT2D eigenvalue weighted by atomic mass is 32.1. The number of nitrogens with zero attached hydrogens (tertiary/aromatic N) is 2. The highest BCUT2D eigenvalue weighted by Gasteiger charge is 2.44. The molecule has 0 bridgehead atoms. The monoisotopic (exact) mass is 498 g/mol. The predicted octanol–water partition coefficient (Wildman–Crippen LogP) is 2.73. The first-order chi connectivity index (χ1) is 16.5. The first-order valence-corrected chi connectivity index (χ1v) is 12.9. The van der Waals surface area contributed by atoms with Gasteiger partial charge in [0.2, 0.25) is 17.7 Å². The molecule has 188 valence electrons. The molecule has 3 N–H and O–H groups in total. The normalized spacial score (nSPS) is 22.6. The largest absolute Gasteiger partial charge is 0.391 e. The molecule has 3 amide bonds. The summed E-state index contributed by atoms with van der Waals surface area (Å²) < 4.78 is 0. The highest BCUT2D eigenvalue weighted by molar-refractivity contribution is 7.13. The molecule has 4 rings (SSSR count). The lowest BCUT2D eigenvalue weighted by atomic mass is 9.85. The van der Waals surface area contributed by atoms with E-state index in [1.165, 1.54) is 17.4 Å². The number of aromatic nitrogens is 1. The van der Waals surface area contributed by atoms with Crippen LogP contribution in [0.15, 0.2) is 23.7 Å². The number of thiazole rings is 1. The molecular formula is C26H34N4O4S. The third-order valence-corrected chi connectivity index (χ3v) is 7.85. The van der Waals surface area contributed by atoms with Gasteiger partial charge in [0.1, 0.15) is 12.1 Å². The first-order valence-electron chi connectivity index (χ1n) is 12.0. The number of rotatable bonds is 5. The molecule has 0 unspecified atom stereocenters. The van der Waals surface area contributed by atoms with Gasteiger partial charge in [-0.15, -0.1) is 11.3 Å². The van der Waals surface area contributed by atoms with Crippen LogP contribution in [0.25, 0.3) is 10.4 Å². The molecule has 1 aromatic carbocycles. The topological polar surface area (TPSA) is 112 Å². The number of benzene rings is 1. The van der Waals surface area contributed by atoms with E-state index in [0.29, 0.717) is 0 Å². The van der Waals surface area contributed by atoms with E-state index < -0.39 is 23.6 Å². The summed E-state index contributed by atoms with van der Waals surface area (Å²) in [6.07, 6.45) is 1.04. The van der Waals surface area contributed by atoms with Gasteiger partial charge in [-0.1, -0.05) is 32.9 Å². The molecular weight excluding hydrogens is 464 g/mol. The van der Waals surface area contributed by atoms with Crippen molar-refractivity contribution in [3.63, 3.8) is 0 Å². The number of β-amino-alcohol motifs (C(OH)–C–C–N with tert-alkyl or cyclic N) is 1. The molecule has 1 saturated heterocycles. The molecule has 0 radical (unpaired) electrons. The van der Waals surface area contributed by atoms with E-state index in [2.05, 4.69) is 33.8 Å². The van der Waals surface area contributed by atoms with Crippen molar-refractivity contribution in [1.29, 1.82) is 0 Å². The maximum atomic E-state index is 13.4. The van der Waals surface area contributed by atoms with Crippen molar-refractivity contribution in [3.8, 4) is 10.4 Å². The molecule has 1 aromatic heterocycles. The summed E-state index contributed by atoms with van der Waals surface area (Å²) >= 11 is 1.62. The van der Waals surface area contributed by atoms with Crippen molar-refractivity contribution in [1.82, 2.24) is 20.5 Å². The second-order valence-electron chi connectivity index (χ2n) is 10.7. The Morgan fingerprint density at radius 1 is 1.26 bits per heavy atom. The zero-order chi connectivity index (χ0) is 25.5. The van der Waals surface area contributed by atoms with Gasteiger partial charge in [0.25, 0.3) is 0 Å². The van der Waals surface area contributed by atoms with Gasteiger partial charge < -0.3 is 20.6 Å². The summed E-state index contributed by atoms with van der Waals surface area (Å²) in [6, 6.07) is 4.61. The third kappa shape index (κ3) is 5.26. The van der Waals surface area contributed by atoms with Crippen molar-refractivity contribution >= 4 is 29.1 Å². The lowest BCUT2D eigenvalue weighted by molar-refractivity contribution is -0.144. The second-order valence-corrected chi connectivity index (χ2v) is 11.5. The standard InChI is InChI=1S/C26H34N4O4S/c1-14-22(35-13-27-14)17-6-8-19-16(10-17)7-9-20(19)29-24(33)21-11-18(32)12-30(21)25(34)23(26(3,4)5)28-15(2)31/h6,8,10,13,18,20-21,23,32H,7,9,11-12H2,1-5H3,(H,28,31)(H,29,33)/t18-,20-,21+,23-/m1/s1. The van der Waals surface area contributed by atoms with Gasteiger partial charge in [0, 0.05) is 19.9 Å². The molecule has 0 saturated carbocycles. The molecule has 35 heavy (non-hydrogen) atoms. The van der Waals surface area contributed by atoms with Crippen LogP contribution < -0.4 is 10.6 Å². The number of carbonyl (C=O) groups is 3. The van der Waals surface area contributed by atoms with Crippen molar-refractivity contribution in [3.05, 3.63) is 40.5 Å². The molecule has 9 heteroatoms. The van der Waals surface area contributed by atoms with Crippen LogP contribution in [0, 0.1) is 12.3 Å². The van der Waals surface area contributed by atoms with Crippen molar-refractivity contribution in [2.45, 2.75) is 78.1 Å². The van der Waals surface area contributed by atoms with Gasteiger partial charge in [-0.05, 0) is 47.9 Å². The molecule has 0 spiro atoms. The predicted molar refractivity (Wildman–Crippen MR) is 135 cm³/mol. The fraction of sp³-hybridized carbons (Fsp3) is 0.538. The van der Waals surface area contributed by atoms with E-state index in [9.17, 15) is 19.5 Å². The second kappa shape index (κ2) is 9.70. The first kappa shape index (κ1) is 25.3. The fourth-order valence-corrected chi connectivity index (χ4v) is 5.88. The van der Waals surface area contributed by atoms with Gasteiger partial charge in [0.15, 0.2) is 0 Å². The van der Waals surface area contributed by atoms with E-state index in [1.54, 1.807) is 11.3 Å². The van der Waals surface area contributed by atoms with Crippen molar-refractivity contribution < 1.29 is 19.5 Å². The number of hydrogen-bond donors (Lipinski definition) is 3. The average molecular weight is 499 g/mol. The number of likely N-dealkylation sites (tertiary alicyclic amines) is 1. The van der Waals surface area contributed by atoms with Crippen LogP contribution >= 0.6 is 11.3 Å². The quantitative estimate of drug-likeness (QED) is 0.587. The summed E-state index contributed by atoms with van der Waals surface area (Å²) in [5.41, 5.74) is 5.74. The average Bonchev–Trinajstić information content (AvgIpc) is 3.49. The molecule has 2 aromatic rings. The van der Waals surface area contributed by atoms with Crippen molar-refractivity contribution in [2.24, 2.45) is 5.41 Å². The summed E-state index contributed by atoms with van der Waals surface area (Å²) in [7, 11) is 0. The number of carbonyl (C=O) groups excluding carboxylic acids is 3. The van der Waals surface area contributed by atoms with Crippen LogP contribution in [0.1, 0.15) is 63.4 Å². The Hall–Kier alpha value is -2.78. The Bertz CT molecular complexity index is 1140. The van der Waals surface area contributed by atoms with Crippen LogP contribution in [0.3, 0.4) is 0 Å². The smallest absolute Gasteiger partial charge is 0.246 e. The van der Waals surface area contributed by atoms with E-state index in [-0.39, 0.29) is 36.7 Å². The van der Waals surface area contributed by atoms with Gasteiger partial charge >= 0.3 is 0 Å². The van der Waals surface area contributed by atoms with Crippen LogP contribution in [0.2, 0.25) is 0 Å². The van der Waals surface area contributed by atoms with E-state index >= 15 is 0 Å². The minimum atomic E-state index is -0.790. The van der Waals surface area contributed by atoms with Gasteiger partial charge in [-0.2, -0.15) is 0 Å². The molecule has 8 nitrogen and oxygen atoms in total. The Morgan fingerprint density at radius 3 is 2.63 bits per heavy atom. The fourth-order valence-electron chi connectivity index (χ4n) is 5.08. The number of hydrogen-bond acceptors (Lipinski definition) is 6. The lowest BCUT2D eigenvalue weighted by Crippen LogP contribution is -2.57. The number of aliphatic hydroxyl groups excluding tert-OH is 1. The SMILES string of the molecule is CC(=O)N[C@H](C(=O)N1C[C@H](O)C[C@H]1C(=O)N[C@@H]1CCc2cc(-c3scnc3C)ccc21)C(C)(C)C. The zero-order valence-electron chi connectivity index (χ0n) is 20.9. The maximum absolute atomic E-state index is 13.4. The minimum Gasteiger partial charge on any atom is -0.391 e. The molecule has 4 atom stereocenters. The Balaban J connectivity index is 1.50. The molecule has 1 fully saturated rings. The maximum Gasteiger partial charge on any atom is 0.246 e.